The van der Waals surface area contributed by atoms with E-state index in [1.54, 1.807) is 6.07 Å². The van der Waals surface area contributed by atoms with Crippen LogP contribution in [-0.4, -0.2) is 10.0 Å². The summed E-state index contributed by atoms with van der Waals surface area (Å²) in [5, 5.41) is 25.1. The number of hydrogen-bond acceptors (Lipinski definition) is 6. The van der Waals surface area contributed by atoms with Crippen molar-refractivity contribution in [1.29, 1.82) is 0 Å². The fraction of sp³-hybridized carbons (Fsp3) is 0.143. The van der Waals surface area contributed by atoms with Gasteiger partial charge in [0.05, 0.1) is 10.0 Å². The number of nitrogen functional groups attached to an aromatic ring is 1. The number of aryl methyl sites for hydroxylation is 1. The van der Waals surface area contributed by atoms with Gasteiger partial charge in [0.2, 0.25) is 0 Å². The van der Waals surface area contributed by atoms with Gasteiger partial charge in [-0.15, -0.1) is 0 Å². The average molecular weight is 332 g/mol. The largest absolute Gasteiger partial charge is 1.00 e. The van der Waals surface area contributed by atoms with Crippen LogP contribution in [0.25, 0.3) is 0 Å². The Morgan fingerprint density at radius 3 is 2.00 bits per heavy atom. The minimum Gasteiger partial charge on any atom is -0.393 e. The Bertz CT molecular complexity index is 424. The molecule has 0 unspecified atom stereocenters. The van der Waals surface area contributed by atoms with E-state index < -0.39 is 10.0 Å². The fourth-order valence-corrected chi connectivity index (χ4v) is 1.18. The summed E-state index contributed by atoms with van der Waals surface area (Å²) in [7, 11) is 0. The van der Waals surface area contributed by atoms with Crippen LogP contribution in [-0.2, 0) is 0 Å². The third kappa shape index (κ3) is 7.62. The van der Waals surface area contributed by atoms with Crippen LogP contribution in [0.15, 0.2) is 16.6 Å². The van der Waals surface area contributed by atoms with Gasteiger partial charge in [0.15, 0.2) is 0 Å². The Balaban J connectivity index is 0. The monoisotopic (exact) mass is 331 g/mol. The number of nitro groups is 1. The van der Waals surface area contributed by atoms with Gasteiger partial charge < -0.3 is 21.1 Å². The molecule has 1 aromatic carbocycles. The van der Waals surface area contributed by atoms with Gasteiger partial charge in [-0.25, -0.2) is 0 Å². The number of benzene rings is 1. The van der Waals surface area contributed by atoms with Crippen molar-refractivity contribution < 1.29 is 61.4 Å². The van der Waals surface area contributed by atoms with Crippen LogP contribution in [0, 0.1) is 32.4 Å². The number of nitrogens with zero attached hydrogens (tertiary/aromatic N) is 2. The zero-order valence-corrected chi connectivity index (χ0v) is 13.8. The van der Waals surface area contributed by atoms with E-state index in [2.05, 4.69) is 15.9 Å². The van der Waals surface area contributed by atoms with Gasteiger partial charge in [0.25, 0.3) is 5.69 Å². The molecule has 0 aliphatic carbocycles. The summed E-state index contributed by atoms with van der Waals surface area (Å²) in [5.74, 6) is 0. The number of nitro benzene ring substituents is 1. The van der Waals surface area contributed by atoms with Crippen molar-refractivity contribution in [2.24, 2.45) is 0 Å². The van der Waals surface area contributed by atoms with E-state index in [1.165, 1.54) is 6.07 Å². The molecule has 2 N–H and O–H groups in total. The second-order valence-electron chi connectivity index (χ2n) is 2.64. The maximum Gasteiger partial charge on any atom is 1.00 e. The summed E-state index contributed by atoms with van der Waals surface area (Å²) >= 11 is 3.19. The predicted molar refractivity (Wildman–Crippen MR) is 60.3 cm³/mol. The number of anilines is 1. The Hall–Kier alpha value is -0.264. The third-order valence-electron chi connectivity index (χ3n) is 1.50. The maximum atomic E-state index is 10.4. The summed E-state index contributed by atoms with van der Waals surface area (Å²) in [6.45, 7) is 1.82. The van der Waals surface area contributed by atoms with Gasteiger partial charge in [-0.2, -0.15) is 0 Å². The van der Waals surface area contributed by atoms with E-state index >= 15 is 0 Å². The van der Waals surface area contributed by atoms with Crippen molar-refractivity contribution in [3.63, 3.8) is 0 Å². The van der Waals surface area contributed by atoms with Crippen LogP contribution < -0.4 is 57.1 Å². The smallest absolute Gasteiger partial charge is 0.393 e. The van der Waals surface area contributed by atoms with Gasteiger partial charge >= 0.3 is 51.4 Å². The summed E-state index contributed by atoms with van der Waals surface area (Å²) in [6, 6.07) is 2.98. The van der Waals surface area contributed by atoms with Crippen LogP contribution in [0.2, 0.25) is 0 Å². The van der Waals surface area contributed by atoms with Gasteiger partial charge in [0.1, 0.15) is 5.69 Å². The van der Waals surface area contributed by atoms with Crippen molar-refractivity contribution in [2.75, 3.05) is 5.73 Å². The maximum absolute atomic E-state index is 10.4. The molecule has 10 heteroatoms. The van der Waals surface area contributed by atoms with E-state index in [9.17, 15) is 10.1 Å². The average Bonchev–Trinajstić information content (AvgIpc) is 2.09. The number of hydrogen-bond donors (Lipinski definition) is 1. The normalized spacial score (nSPS) is 8.35. The summed E-state index contributed by atoms with van der Waals surface area (Å²) < 4.78 is 0.698. The molecule has 0 atom stereocenters. The molecule has 0 saturated heterocycles. The summed E-state index contributed by atoms with van der Waals surface area (Å²) in [4.78, 5) is 18.1. The second-order valence-corrected chi connectivity index (χ2v) is 3.50. The van der Waals surface area contributed by atoms with Gasteiger partial charge in [-0.3, -0.25) is 10.1 Å². The molecular formula is C7H7BrKN3O5. The molecule has 1 rings (SSSR count). The van der Waals surface area contributed by atoms with Crippen LogP contribution in [0.3, 0.4) is 0 Å². The van der Waals surface area contributed by atoms with Crippen LogP contribution in [0.1, 0.15) is 5.56 Å². The van der Waals surface area contributed by atoms with E-state index in [4.69, 9.17) is 21.1 Å². The molecule has 0 aliphatic heterocycles. The first-order chi connectivity index (χ1) is 7.25. The van der Waals surface area contributed by atoms with Crippen molar-refractivity contribution >= 4 is 27.3 Å². The molecule has 0 bridgehead atoms. The van der Waals surface area contributed by atoms with Gasteiger partial charge in [-0.1, -0.05) is 15.9 Å². The Kier molecular flexibility index (Phi) is 9.85. The zero-order valence-electron chi connectivity index (χ0n) is 9.05. The number of nitrogens with two attached hydrogens (primary N) is 1. The molecular weight excluding hydrogens is 325 g/mol. The van der Waals surface area contributed by atoms with Crippen molar-refractivity contribution in [1.82, 2.24) is 0 Å². The Morgan fingerprint density at radius 1 is 1.24 bits per heavy atom. The molecule has 0 amide bonds. The van der Waals surface area contributed by atoms with E-state index in [0.29, 0.717) is 4.47 Å². The molecule has 8 nitrogen and oxygen atoms in total. The topological polar surface area (TPSA) is 135 Å². The quantitative estimate of drug-likeness (QED) is 0.304. The molecule has 0 spiro atoms. The standard InChI is InChI=1S/C7H7BrN2O2.K.NO3/c1-4-2-6(9)7(10(11)12)3-5(4)8;;2-1(3)4/h2-3H,9H2,1H3;;/q;+1;-1. The van der Waals surface area contributed by atoms with E-state index in [-0.39, 0.29) is 62.8 Å². The van der Waals surface area contributed by atoms with Crippen LogP contribution in [0.5, 0.6) is 0 Å². The number of rotatable bonds is 1. The molecule has 0 aliphatic rings. The minimum atomic E-state index is -1.75. The van der Waals surface area contributed by atoms with Crippen molar-refractivity contribution in [3.05, 3.63) is 47.6 Å². The van der Waals surface area contributed by atoms with E-state index in [1.807, 2.05) is 6.92 Å². The fourth-order valence-electron chi connectivity index (χ4n) is 0.851. The summed E-state index contributed by atoms with van der Waals surface area (Å²) in [5.41, 5.74) is 6.45. The molecule has 1 aromatic rings. The van der Waals surface area contributed by atoms with E-state index in [0.717, 1.165) is 5.56 Å². The van der Waals surface area contributed by atoms with Crippen LogP contribution in [0.4, 0.5) is 11.4 Å². The molecule has 88 valence electrons. The zero-order chi connectivity index (χ0) is 12.9. The van der Waals surface area contributed by atoms with Crippen molar-refractivity contribution in [3.8, 4) is 0 Å². The first-order valence-corrected chi connectivity index (χ1v) is 4.56. The first kappa shape index (κ1) is 19.1. The van der Waals surface area contributed by atoms with Gasteiger partial charge in [-0.05, 0) is 18.6 Å². The Labute approximate surface area is 147 Å². The SMILES string of the molecule is Cc1cc(N)c([N+](=O)[O-])cc1Br.O=[N+]([O-])[O-].[K+]. The predicted octanol–water partition coefficient (Wildman–Crippen LogP) is -0.987. The molecule has 0 saturated carbocycles. The second kappa shape index (κ2) is 8.77. The molecule has 0 heterocycles. The van der Waals surface area contributed by atoms with Crippen LogP contribution >= 0.6 is 15.9 Å². The minimum absolute atomic E-state index is 0. The van der Waals surface area contributed by atoms with Crippen molar-refractivity contribution in [2.45, 2.75) is 6.92 Å². The summed E-state index contributed by atoms with van der Waals surface area (Å²) in [6.07, 6.45) is 0. The third-order valence-corrected chi connectivity index (χ3v) is 2.36. The molecule has 0 radical (unpaired) electrons. The molecule has 17 heavy (non-hydrogen) atoms. The first-order valence-electron chi connectivity index (χ1n) is 3.77. The van der Waals surface area contributed by atoms with Gasteiger partial charge in [0, 0.05) is 10.5 Å². The molecule has 0 fully saturated rings. The number of halogens is 1. The molecule has 0 aromatic heterocycles. The Morgan fingerprint density at radius 2 is 1.65 bits per heavy atom.